The van der Waals surface area contributed by atoms with Crippen LogP contribution in [0.5, 0.6) is 5.75 Å². The van der Waals surface area contributed by atoms with Crippen LogP contribution in [-0.2, 0) is 16.6 Å². The zero-order valence-corrected chi connectivity index (χ0v) is 18.1. The minimum absolute atomic E-state index is 0.0701. The minimum Gasteiger partial charge on any atom is -0.495 e. The summed E-state index contributed by atoms with van der Waals surface area (Å²) in [4.78, 5) is 14.4. The van der Waals surface area contributed by atoms with Gasteiger partial charge in [-0.05, 0) is 42.3 Å². The molecular formula is C24H24N2O4S. The Hall–Kier alpha value is -3.32. The quantitative estimate of drug-likeness (QED) is 0.563. The molecule has 0 saturated carbocycles. The van der Waals surface area contributed by atoms with Gasteiger partial charge in [-0.1, -0.05) is 48.5 Å². The first-order valence-electron chi connectivity index (χ1n) is 10.1. The predicted octanol–water partition coefficient (Wildman–Crippen LogP) is 3.94. The van der Waals surface area contributed by atoms with Crippen LogP contribution in [0.15, 0.2) is 83.8 Å². The van der Waals surface area contributed by atoms with Crippen LogP contribution >= 0.6 is 0 Å². The first-order valence-corrected chi connectivity index (χ1v) is 11.5. The second kappa shape index (κ2) is 8.81. The molecule has 1 heterocycles. The molecule has 0 aliphatic carbocycles. The van der Waals surface area contributed by atoms with E-state index in [0.29, 0.717) is 30.1 Å². The number of carbonyl (C=O) groups is 1. The number of para-hydroxylation sites is 2. The number of methoxy groups -OCH3 is 1. The Morgan fingerprint density at radius 1 is 0.968 bits per heavy atom. The first-order chi connectivity index (χ1) is 15.0. The van der Waals surface area contributed by atoms with Crippen molar-refractivity contribution in [2.75, 3.05) is 24.5 Å². The van der Waals surface area contributed by atoms with E-state index in [4.69, 9.17) is 4.74 Å². The Balaban J connectivity index is 1.77. The largest absolute Gasteiger partial charge is 0.495 e. The number of amides is 1. The molecule has 0 unspecified atom stereocenters. The topological polar surface area (TPSA) is 66.9 Å². The number of sulfonamides is 1. The Kier molecular flexibility index (Phi) is 5.95. The van der Waals surface area contributed by atoms with Crippen molar-refractivity contribution in [3.8, 4) is 5.75 Å². The van der Waals surface area contributed by atoms with Gasteiger partial charge in [0.25, 0.3) is 15.9 Å². The van der Waals surface area contributed by atoms with Gasteiger partial charge in [0.1, 0.15) is 5.75 Å². The zero-order valence-electron chi connectivity index (χ0n) is 17.3. The van der Waals surface area contributed by atoms with E-state index in [-0.39, 0.29) is 17.3 Å². The van der Waals surface area contributed by atoms with Crippen molar-refractivity contribution in [3.63, 3.8) is 0 Å². The van der Waals surface area contributed by atoms with Crippen molar-refractivity contribution in [2.45, 2.75) is 17.9 Å². The van der Waals surface area contributed by atoms with Gasteiger partial charge in [-0.15, -0.1) is 0 Å². The van der Waals surface area contributed by atoms with Gasteiger partial charge in [0.15, 0.2) is 0 Å². The molecule has 160 valence electrons. The molecule has 0 aromatic heterocycles. The molecule has 0 radical (unpaired) electrons. The zero-order chi connectivity index (χ0) is 21.8. The van der Waals surface area contributed by atoms with Gasteiger partial charge in [-0.2, -0.15) is 0 Å². The highest BCUT2D eigenvalue weighted by atomic mass is 32.2. The van der Waals surface area contributed by atoms with Gasteiger partial charge in [-0.3, -0.25) is 9.10 Å². The average Bonchev–Trinajstić information content (AvgIpc) is 2.77. The molecule has 4 rings (SSSR count). The van der Waals surface area contributed by atoms with E-state index in [0.717, 1.165) is 12.0 Å². The van der Waals surface area contributed by atoms with Crippen molar-refractivity contribution >= 4 is 21.6 Å². The van der Waals surface area contributed by atoms with Crippen molar-refractivity contribution < 1.29 is 17.9 Å². The molecule has 3 aromatic carbocycles. The van der Waals surface area contributed by atoms with Gasteiger partial charge in [0.05, 0.1) is 24.2 Å². The standard InChI is InChI=1S/C24H24N2O4S/c1-30-23-14-6-5-13-22(23)26(18-19-9-3-2-4-10-19)31(28,29)21-12-7-11-20(17-21)24(27)25-15-8-16-25/h2-7,9-14,17H,8,15-16,18H2,1H3. The number of carbonyl (C=O) groups excluding carboxylic acids is 1. The van der Waals surface area contributed by atoms with Crippen molar-refractivity contribution in [1.82, 2.24) is 4.90 Å². The maximum absolute atomic E-state index is 13.8. The number of hydrogen-bond donors (Lipinski definition) is 0. The van der Waals surface area contributed by atoms with Crippen LogP contribution in [0.4, 0.5) is 5.69 Å². The van der Waals surface area contributed by atoms with E-state index in [2.05, 4.69) is 0 Å². The fraction of sp³-hybridized carbons (Fsp3) is 0.208. The van der Waals surface area contributed by atoms with E-state index < -0.39 is 10.0 Å². The highest BCUT2D eigenvalue weighted by molar-refractivity contribution is 7.92. The summed E-state index contributed by atoms with van der Waals surface area (Å²) in [5.41, 5.74) is 1.65. The van der Waals surface area contributed by atoms with Crippen LogP contribution < -0.4 is 9.04 Å². The molecule has 0 atom stereocenters. The Morgan fingerprint density at radius 3 is 2.35 bits per heavy atom. The lowest BCUT2D eigenvalue weighted by Crippen LogP contribution is -2.42. The molecule has 0 N–H and O–H groups in total. The molecule has 31 heavy (non-hydrogen) atoms. The maximum atomic E-state index is 13.8. The number of ether oxygens (including phenoxy) is 1. The molecule has 1 saturated heterocycles. The smallest absolute Gasteiger partial charge is 0.264 e. The van der Waals surface area contributed by atoms with E-state index in [9.17, 15) is 13.2 Å². The van der Waals surface area contributed by atoms with Crippen molar-refractivity contribution in [1.29, 1.82) is 0 Å². The number of rotatable bonds is 7. The van der Waals surface area contributed by atoms with E-state index in [1.54, 1.807) is 41.3 Å². The normalized spacial score (nSPS) is 13.4. The monoisotopic (exact) mass is 436 g/mol. The molecule has 1 aliphatic heterocycles. The van der Waals surface area contributed by atoms with Gasteiger partial charge in [0.2, 0.25) is 0 Å². The molecule has 3 aromatic rings. The van der Waals surface area contributed by atoms with Crippen LogP contribution in [0.3, 0.4) is 0 Å². The molecule has 6 nitrogen and oxygen atoms in total. The fourth-order valence-electron chi connectivity index (χ4n) is 3.50. The molecule has 1 amide bonds. The summed E-state index contributed by atoms with van der Waals surface area (Å²) in [6.07, 6.45) is 0.975. The molecule has 1 aliphatic rings. The maximum Gasteiger partial charge on any atom is 0.264 e. The first kappa shape index (κ1) is 20.9. The lowest BCUT2D eigenvalue weighted by atomic mass is 10.1. The van der Waals surface area contributed by atoms with Crippen LogP contribution in [0, 0.1) is 0 Å². The summed E-state index contributed by atoms with van der Waals surface area (Å²) in [7, 11) is -2.46. The highest BCUT2D eigenvalue weighted by Gasteiger charge is 2.29. The van der Waals surface area contributed by atoms with Crippen LogP contribution in [0.25, 0.3) is 0 Å². The fourth-order valence-corrected chi connectivity index (χ4v) is 5.01. The summed E-state index contributed by atoms with van der Waals surface area (Å²) in [6, 6.07) is 22.6. The van der Waals surface area contributed by atoms with E-state index >= 15 is 0 Å². The molecule has 0 spiro atoms. The number of benzene rings is 3. The summed E-state index contributed by atoms with van der Waals surface area (Å²) in [6.45, 7) is 1.54. The third-order valence-corrected chi connectivity index (χ3v) is 7.09. The van der Waals surface area contributed by atoms with Crippen molar-refractivity contribution in [2.24, 2.45) is 0 Å². The van der Waals surface area contributed by atoms with E-state index in [1.165, 1.54) is 23.5 Å². The van der Waals surface area contributed by atoms with Crippen LogP contribution in [0.2, 0.25) is 0 Å². The molecule has 7 heteroatoms. The minimum atomic E-state index is -3.97. The highest BCUT2D eigenvalue weighted by Crippen LogP contribution is 2.34. The number of hydrogen-bond acceptors (Lipinski definition) is 4. The van der Waals surface area contributed by atoms with Gasteiger partial charge in [0, 0.05) is 18.7 Å². The van der Waals surface area contributed by atoms with Crippen molar-refractivity contribution in [3.05, 3.63) is 90.0 Å². The molecule has 1 fully saturated rings. The summed E-state index contributed by atoms with van der Waals surface area (Å²) in [5.74, 6) is 0.310. The summed E-state index contributed by atoms with van der Waals surface area (Å²) >= 11 is 0. The average molecular weight is 437 g/mol. The summed E-state index contributed by atoms with van der Waals surface area (Å²) < 4.78 is 34.3. The second-order valence-corrected chi connectivity index (χ2v) is 9.21. The third kappa shape index (κ3) is 4.27. The van der Waals surface area contributed by atoms with Crippen LogP contribution in [0.1, 0.15) is 22.3 Å². The van der Waals surface area contributed by atoms with E-state index in [1.807, 2.05) is 30.3 Å². The lowest BCUT2D eigenvalue weighted by Gasteiger charge is -2.31. The third-order valence-electron chi connectivity index (χ3n) is 5.34. The van der Waals surface area contributed by atoms with Gasteiger partial charge in [-0.25, -0.2) is 8.42 Å². The number of anilines is 1. The SMILES string of the molecule is COc1ccccc1N(Cc1ccccc1)S(=O)(=O)c1cccc(C(=O)N2CCC2)c1. The lowest BCUT2D eigenvalue weighted by molar-refractivity contribution is 0.0651. The van der Waals surface area contributed by atoms with Gasteiger partial charge < -0.3 is 9.64 Å². The predicted molar refractivity (Wildman–Crippen MR) is 120 cm³/mol. The Bertz CT molecular complexity index is 1170. The number of likely N-dealkylation sites (tertiary alicyclic amines) is 1. The molecule has 0 bridgehead atoms. The number of nitrogens with zero attached hydrogens (tertiary/aromatic N) is 2. The van der Waals surface area contributed by atoms with Crippen LogP contribution in [-0.4, -0.2) is 39.4 Å². The summed E-state index contributed by atoms with van der Waals surface area (Å²) in [5, 5.41) is 0. The molecular weight excluding hydrogens is 412 g/mol. The van der Waals surface area contributed by atoms with Gasteiger partial charge >= 0.3 is 0 Å². The Labute approximate surface area is 182 Å². The second-order valence-electron chi connectivity index (χ2n) is 7.34. The Morgan fingerprint density at radius 2 is 1.68 bits per heavy atom.